The molecule has 3 heteroatoms. The normalized spacial score (nSPS) is 15.8. The minimum absolute atomic E-state index is 0.0707. The molecule has 3 nitrogen and oxygen atoms in total. The Morgan fingerprint density at radius 1 is 1.28 bits per heavy atom. The summed E-state index contributed by atoms with van der Waals surface area (Å²) < 4.78 is 0. The molecule has 0 saturated carbocycles. The van der Waals surface area contributed by atoms with Crippen molar-refractivity contribution in [3.8, 4) is 0 Å². The van der Waals surface area contributed by atoms with Crippen molar-refractivity contribution in [3.05, 3.63) is 35.9 Å². The summed E-state index contributed by atoms with van der Waals surface area (Å²) >= 11 is 0. The molecule has 1 aromatic carbocycles. The Morgan fingerprint density at radius 2 is 1.89 bits per heavy atom. The van der Waals surface area contributed by atoms with Crippen LogP contribution in [0.1, 0.15) is 38.7 Å². The van der Waals surface area contributed by atoms with Gasteiger partial charge in [0, 0.05) is 6.04 Å². The Balaban J connectivity index is 2.69. The Bertz CT molecular complexity index is 364. The number of hydrogen-bond donors (Lipinski definition) is 2. The molecule has 0 fully saturated rings. The van der Waals surface area contributed by atoms with Crippen molar-refractivity contribution in [1.82, 2.24) is 5.32 Å². The molecule has 1 amide bonds. The van der Waals surface area contributed by atoms with E-state index in [-0.39, 0.29) is 17.9 Å². The van der Waals surface area contributed by atoms with Crippen molar-refractivity contribution in [1.29, 1.82) is 0 Å². The number of carbonyl (C=O) groups is 1. The van der Waals surface area contributed by atoms with Crippen molar-refractivity contribution < 1.29 is 4.79 Å². The van der Waals surface area contributed by atoms with Crippen molar-refractivity contribution in [3.63, 3.8) is 0 Å². The number of amides is 1. The first-order valence-electron chi connectivity index (χ1n) is 6.65. The van der Waals surface area contributed by atoms with E-state index in [0.29, 0.717) is 12.5 Å². The van der Waals surface area contributed by atoms with Crippen LogP contribution in [0.4, 0.5) is 0 Å². The molecule has 0 radical (unpaired) electrons. The maximum atomic E-state index is 12.3. The molecule has 3 atom stereocenters. The molecule has 0 heterocycles. The van der Waals surface area contributed by atoms with Crippen molar-refractivity contribution in [2.45, 2.75) is 39.2 Å². The average molecular weight is 248 g/mol. The molecule has 3 N–H and O–H groups in total. The van der Waals surface area contributed by atoms with Gasteiger partial charge in [-0.15, -0.1) is 0 Å². The van der Waals surface area contributed by atoms with Crippen molar-refractivity contribution in [2.24, 2.45) is 11.7 Å². The van der Waals surface area contributed by atoms with Gasteiger partial charge in [0.05, 0.1) is 5.92 Å². The zero-order chi connectivity index (χ0) is 13.5. The summed E-state index contributed by atoms with van der Waals surface area (Å²) in [5.41, 5.74) is 6.69. The van der Waals surface area contributed by atoms with Crippen LogP contribution >= 0.6 is 0 Å². The molecule has 100 valence electrons. The molecule has 0 spiro atoms. The van der Waals surface area contributed by atoms with Gasteiger partial charge in [-0.3, -0.25) is 4.79 Å². The van der Waals surface area contributed by atoms with Gasteiger partial charge < -0.3 is 11.1 Å². The highest BCUT2D eigenvalue weighted by atomic mass is 16.1. The number of rotatable bonds is 6. The van der Waals surface area contributed by atoms with Gasteiger partial charge in [0.25, 0.3) is 0 Å². The van der Waals surface area contributed by atoms with Crippen LogP contribution in [0.5, 0.6) is 0 Å². The predicted octanol–water partition coefficient (Wildman–Crippen LogP) is 2.28. The van der Waals surface area contributed by atoms with E-state index < -0.39 is 0 Å². The lowest BCUT2D eigenvalue weighted by Crippen LogP contribution is -2.41. The first-order valence-corrected chi connectivity index (χ1v) is 6.65. The first-order chi connectivity index (χ1) is 8.60. The summed E-state index contributed by atoms with van der Waals surface area (Å²) in [6.07, 6.45) is 0.805. The summed E-state index contributed by atoms with van der Waals surface area (Å²) in [6.45, 7) is 6.68. The maximum absolute atomic E-state index is 12.3. The van der Waals surface area contributed by atoms with E-state index in [9.17, 15) is 4.79 Å². The molecular formula is C15H24N2O. The van der Waals surface area contributed by atoms with Gasteiger partial charge in [-0.2, -0.15) is 0 Å². The van der Waals surface area contributed by atoms with Crippen LogP contribution in [0.2, 0.25) is 0 Å². The van der Waals surface area contributed by atoms with Crippen molar-refractivity contribution >= 4 is 5.91 Å². The summed E-state index contributed by atoms with van der Waals surface area (Å²) in [4.78, 5) is 12.3. The molecule has 3 unspecified atom stereocenters. The number of benzene rings is 1. The molecule has 0 aliphatic heterocycles. The average Bonchev–Trinajstić information content (AvgIpc) is 2.39. The Hall–Kier alpha value is -1.35. The highest BCUT2D eigenvalue weighted by molar-refractivity contribution is 5.83. The second-order valence-electron chi connectivity index (χ2n) is 4.88. The summed E-state index contributed by atoms with van der Waals surface area (Å²) in [5, 5.41) is 3.06. The third kappa shape index (κ3) is 3.84. The standard InChI is InChI=1S/C15H24N2O/c1-4-14(13-8-6-5-7-9-13)15(18)17-12(3)11(2)10-16/h5-9,11-12,14H,4,10,16H2,1-3H3,(H,17,18). The van der Waals surface area contributed by atoms with E-state index in [1.807, 2.05) is 44.2 Å². The minimum Gasteiger partial charge on any atom is -0.353 e. The van der Waals surface area contributed by atoms with Crippen LogP contribution in [0.15, 0.2) is 30.3 Å². The second kappa shape index (κ2) is 7.17. The van der Waals surface area contributed by atoms with Gasteiger partial charge in [-0.1, -0.05) is 44.2 Å². The van der Waals surface area contributed by atoms with E-state index in [0.717, 1.165) is 12.0 Å². The van der Waals surface area contributed by atoms with Gasteiger partial charge >= 0.3 is 0 Å². The van der Waals surface area contributed by atoms with Crippen LogP contribution in [0, 0.1) is 5.92 Å². The summed E-state index contributed by atoms with van der Waals surface area (Å²) in [6, 6.07) is 10.0. The highest BCUT2D eigenvalue weighted by Gasteiger charge is 2.21. The topological polar surface area (TPSA) is 55.1 Å². The number of nitrogens with one attached hydrogen (secondary N) is 1. The third-order valence-electron chi connectivity index (χ3n) is 3.52. The monoisotopic (exact) mass is 248 g/mol. The zero-order valence-electron chi connectivity index (χ0n) is 11.5. The maximum Gasteiger partial charge on any atom is 0.227 e. The molecule has 18 heavy (non-hydrogen) atoms. The van der Waals surface area contributed by atoms with Crippen LogP contribution in [0.3, 0.4) is 0 Å². The SMILES string of the molecule is CCC(C(=O)NC(C)C(C)CN)c1ccccc1. The molecule has 0 aliphatic carbocycles. The van der Waals surface area contributed by atoms with Gasteiger partial charge in [-0.05, 0) is 31.4 Å². The molecule has 0 aliphatic rings. The molecule has 0 bridgehead atoms. The fraction of sp³-hybridized carbons (Fsp3) is 0.533. The van der Waals surface area contributed by atoms with Crippen molar-refractivity contribution in [2.75, 3.05) is 6.54 Å². The number of nitrogens with two attached hydrogens (primary N) is 1. The Labute approximate surface area is 110 Å². The van der Waals surface area contributed by atoms with Gasteiger partial charge in [-0.25, -0.2) is 0 Å². The Kier molecular flexibility index (Phi) is 5.86. The van der Waals surface area contributed by atoms with E-state index in [1.165, 1.54) is 0 Å². The zero-order valence-corrected chi connectivity index (χ0v) is 11.5. The quantitative estimate of drug-likeness (QED) is 0.811. The van der Waals surface area contributed by atoms with Crippen LogP contribution in [-0.2, 0) is 4.79 Å². The van der Waals surface area contributed by atoms with E-state index in [4.69, 9.17) is 5.73 Å². The van der Waals surface area contributed by atoms with E-state index >= 15 is 0 Å². The van der Waals surface area contributed by atoms with E-state index in [1.54, 1.807) is 0 Å². The fourth-order valence-corrected chi connectivity index (χ4v) is 1.93. The smallest absolute Gasteiger partial charge is 0.227 e. The fourth-order valence-electron chi connectivity index (χ4n) is 1.93. The van der Waals surface area contributed by atoms with Gasteiger partial charge in [0.2, 0.25) is 5.91 Å². The van der Waals surface area contributed by atoms with Crippen LogP contribution in [-0.4, -0.2) is 18.5 Å². The number of carbonyl (C=O) groups excluding carboxylic acids is 1. The van der Waals surface area contributed by atoms with E-state index in [2.05, 4.69) is 12.2 Å². The lowest BCUT2D eigenvalue weighted by molar-refractivity contribution is -0.123. The summed E-state index contributed by atoms with van der Waals surface area (Å²) in [7, 11) is 0. The largest absolute Gasteiger partial charge is 0.353 e. The second-order valence-corrected chi connectivity index (χ2v) is 4.88. The van der Waals surface area contributed by atoms with Crippen LogP contribution < -0.4 is 11.1 Å². The molecular weight excluding hydrogens is 224 g/mol. The predicted molar refractivity (Wildman–Crippen MR) is 75.3 cm³/mol. The Morgan fingerprint density at radius 3 is 2.39 bits per heavy atom. The lowest BCUT2D eigenvalue weighted by Gasteiger charge is -2.23. The summed E-state index contributed by atoms with van der Waals surface area (Å²) in [5.74, 6) is 0.317. The van der Waals surface area contributed by atoms with Gasteiger partial charge in [0.1, 0.15) is 0 Å². The molecule has 1 aromatic rings. The van der Waals surface area contributed by atoms with Gasteiger partial charge in [0.15, 0.2) is 0 Å². The molecule has 0 aromatic heterocycles. The highest BCUT2D eigenvalue weighted by Crippen LogP contribution is 2.19. The van der Waals surface area contributed by atoms with Crippen LogP contribution in [0.25, 0.3) is 0 Å². The number of hydrogen-bond acceptors (Lipinski definition) is 2. The third-order valence-corrected chi connectivity index (χ3v) is 3.52. The first kappa shape index (κ1) is 14.7. The lowest BCUT2D eigenvalue weighted by atomic mass is 9.94. The minimum atomic E-state index is -0.0707. The molecule has 0 saturated heterocycles. The molecule has 1 rings (SSSR count).